The van der Waals surface area contributed by atoms with E-state index < -0.39 is 0 Å². The first-order valence-corrected chi connectivity index (χ1v) is 5.51. The second kappa shape index (κ2) is 5.46. The molecule has 0 saturated carbocycles. The van der Waals surface area contributed by atoms with Crippen LogP contribution in [0.3, 0.4) is 0 Å². The molecule has 0 aromatic carbocycles. The first-order chi connectivity index (χ1) is 8.67. The Bertz CT molecular complexity index is 524. The lowest BCUT2D eigenvalue weighted by Gasteiger charge is -2.07. The number of ether oxygens (including phenoxy) is 1. The second-order valence-electron chi connectivity index (χ2n) is 3.90. The van der Waals surface area contributed by atoms with Crippen LogP contribution >= 0.6 is 0 Å². The molecule has 96 valence electrons. The average Bonchev–Trinajstić information content (AvgIpc) is 2.72. The number of hydrogen-bond donors (Lipinski definition) is 2. The van der Waals surface area contributed by atoms with E-state index in [0.717, 1.165) is 5.56 Å². The van der Waals surface area contributed by atoms with Crippen LogP contribution in [0.2, 0.25) is 0 Å². The van der Waals surface area contributed by atoms with Gasteiger partial charge in [-0.15, -0.1) is 0 Å². The summed E-state index contributed by atoms with van der Waals surface area (Å²) in [5.74, 6) is 1.66. The van der Waals surface area contributed by atoms with Gasteiger partial charge in [0.25, 0.3) is 0 Å². The molecule has 0 amide bonds. The number of aryl methyl sites for hydroxylation is 1. The Balaban J connectivity index is 2.04. The fourth-order valence-corrected chi connectivity index (χ4v) is 1.56. The van der Waals surface area contributed by atoms with Gasteiger partial charge in [0, 0.05) is 38.5 Å². The van der Waals surface area contributed by atoms with E-state index in [2.05, 4.69) is 20.4 Å². The Labute approximate surface area is 105 Å². The van der Waals surface area contributed by atoms with Crippen molar-refractivity contribution in [3.05, 3.63) is 29.8 Å². The van der Waals surface area contributed by atoms with Gasteiger partial charge in [-0.05, 0) is 0 Å². The zero-order valence-corrected chi connectivity index (χ0v) is 10.4. The first-order valence-electron chi connectivity index (χ1n) is 5.51. The van der Waals surface area contributed by atoms with Crippen LogP contribution < -0.4 is 11.1 Å². The summed E-state index contributed by atoms with van der Waals surface area (Å²) in [4.78, 5) is 8.36. The minimum absolute atomic E-state index is 0.340. The molecule has 0 bridgehead atoms. The molecule has 7 nitrogen and oxygen atoms in total. The molecule has 0 aliphatic heterocycles. The molecule has 0 aliphatic carbocycles. The molecule has 0 spiro atoms. The number of nitrogens with two attached hydrogens (primary N) is 1. The van der Waals surface area contributed by atoms with E-state index in [1.165, 1.54) is 0 Å². The molecule has 0 aliphatic rings. The predicted octanol–water partition coefficient (Wildman–Crippen LogP) is 0.551. The number of anilines is 2. The van der Waals surface area contributed by atoms with Crippen molar-refractivity contribution in [3.8, 4) is 0 Å². The van der Waals surface area contributed by atoms with E-state index in [-0.39, 0.29) is 0 Å². The highest BCUT2D eigenvalue weighted by atomic mass is 16.5. The standard InChI is InChI=1S/C11H16N6O/c1-17-6-8(5-14-17)4-13-10-3-9(12)15-11(16-10)7-18-2/h3,5-6H,4,7H2,1-2H3,(H3,12,13,15,16). The molecule has 7 heteroatoms. The molecule has 0 saturated heterocycles. The van der Waals surface area contributed by atoms with Gasteiger partial charge >= 0.3 is 0 Å². The van der Waals surface area contributed by atoms with E-state index >= 15 is 0 Å². The summed E-state index contributed by atoms with van der Waals surface area (Å²) < 4.78 is 6.73. The van der Waals surface area contributed by atoms with E-state index in [4.69, 9.17) is 10.5 Å². The SMILES string of the molecule is COCc1nc(N)cc(NCc2cnn(C)c2)n1. The topological polar surface area (TPSA) is 90.9 Å². The fraction of sp³-hybridized carbons (Fsp3) is 0.364. The van der Waals surface area contributed by atoms with Crippen molar-refractivity contribution in [2.75, 3.05) is 18.2 Å². The van der Waals surface area contributed by atoms with Gasteiger partial charge in [-0.1, -0.05) is 0 Å². The molecule has 2 aromatic rings. The lowest BCUT2D eigenvalue weighted by Crippen LogP contribution is -2.06. The number of nitrogens with one attached hydrogen (secondary N) is 1. The van der Waals surface area contributed by atoms with Gasteiger partial charge in [0.05, 0.1) is 6.20 Å². The van der Waals surface area contributed by atoms with Gasteiger partial charge in [0.15, 0.2) is 5.82 Å². The van der Waals surface area contributed by atoms with Crippen LogP contribution in [-0.4, -0.2) is 26.9 Å². The van der Waals surface area contributed by atoms with E-state index in [1.54, 1.807) is 24.1 Å². The third-order valence-electron chi connectivity index (χ3n) is 2.30. The van der Waals surface area contributed by atoms with Gasteiger partial charge in [-0.2, -0.15) is 5.10 Å². The molecule has 2 rings (SSSR count). The van der Waals surface area contributed by atoms with Gasteiger partial charge in [0.1, 0.15) is 18.2 Å². The molecular weight excluding hydrogens is 232 g/mol. The Hall–Kier alpha value is -2.15. The molecule has 2 aromatic heterocycles. The maximum Gasteiger partial charge on any atom is 0.158 e. The third-order valence-corrected chi connectivity index (χ3v) is 2.30. The Kier molecular flexibility index (Phi) is 3.73. The molecular formula is C11H16N6O. The molecule has 0 radical (unpaired) electrons. The summed E-state index contributed by atoms with van der Waals surface area (Å²) in [5, 5.41) is 7.27. The Morgan fingerprint density at radius 1 is 1.44 bits per heavy atom. The summed E-state index contributed by atoms with van der Waals surface area (Å²) >= 11 is 0. The third kappa shape index (κ3) is 3.17. The van der Waals surface area contributed by atoms with Gasteiger partial charge < -0.3 is 15.8 Å². The van der Waals surface area contributed by atoms with Crippen molar-refractivity contribution >= 4 is 11.6 Å². The number of aromatic nitrogens is 4. The highest BCUT2D eigenvalue weighted by molar-refractivity contribution is 5.44. The highest BCUT2D eigenvalue weighted by Crippen LogP contribution is 2.10. The lowest BCUT2D eigenvalue weighted by molar-refractivity contribution is 0.178. The van der Waals surface area contributed by atoms with Crippen molar-refractivity contribution in [2.45, 2.75) is 13.2 Å². The number of nitrogens with zero attached hydrogens (tertiary/aromatic N) is 4. The number of hydrogen-bond acceptors (Lipinski definition) is 6. The quantitative estimate of drug-likeness (QED) is 0.803. The maximum atomic E-state index is 5.70. The minimum atomic E-state index is 0.340. The molecule has 18 heavy (non-hydrogen) atoms. The van der Waals surface area contributed by atoms with Gasteiger partial charge in [0.2, 0.25) is 0 Å². The van der Waals surface area contributed by atoms with Gasteiger partial charge in [-0.25, -0.2) is 9.97 Å². The highest BCUT2D eigenvalue weighted by Gasteiger charge is 2.03. The van der Waals surface area contributed by atoms with Crippen molar-refractivity contribution in [2.24, 2.45) is 7.05 Å². The summed E-state index contributed by atoms with van der Waals surface area (Å²) in [5.41, 5.74) is 6.77. The van der Waals surface area contributed by atoms with Crippen LogP contribution in [0.4, 0.5) is 11.6 Å². The monoisotopic (exact) mass is 248 g/mol. The summed E-state index contributed by atoms with van der Waals surface area (Å²) in [6.07, 6.45) is 3.74. The van der Waals surface area contributed by atoms with E-state index in [9.17, 15) is 0 Å². The van der Waals surface area contributed by atoms with Crippen LogP contribution in [0.1, 0.15) is 11.4 Å². The fourth-order valence-electron chi connectivity index (χ4n) is 1.56. The summed E-state index contributed by atoms with van der Waals surface area (Å²) in [7, 11) is 3.47. The second-order valence-corrected chi connectivity index (χ2v) is 3.90. The largest absolute Gasteiger partial charge is 0.384 e. The van der Waals surface area contributed by atoms with Crippen molar-refractivity contribution in [3.63, 3.8) is 0 Å². The summed E-state index contributed by atoms with van der Waals surface area (Å²) in [6, 6.07) is 1.69. The number of rotatable bonds is 5. The summed E-state index contributed by atoms with van der Waals surface area (Å²) in [6.45, 7) is 0.976. The molecule has 2 heterocycles. The zero-order chi connectivity index (χ0) is 13.0. The van der Waals surface area contributed by atoms with Crippen LogP contribution in [0.15, 0.2) is 18.5 Å². The van der Waals surface area contributed by atoms with Crippen molar-refractivity contribution in [1.82, 2.24) is 19.7 Å². The maximum absolute atomic E-state index is 5.70. The van der Waals surface area contributed by atoms with Gasteiger partial charge in [-0.3, -0.25) is 4.68 Å². The predicted molar refractivity (Wildman–Crippen MR) is 67.7 cm³/mol. The molecule has 0 unspecified atom stereocenters. The lowest BCUT2D eigenvalue weighted by atomic mass is 10.3. The number of methoxy groups -OCH3 is 1. The number of nitrogen functional groups attached to an aromatic ring is 1. The first kappa shape index (κ1) is 12.3. The molecule has 0 atom stereocenters. The minimum Gasteiger partial charge on any atom is -0.384 e. The van der Waals surface area contributed by atoms with Crippen molar-refractivity contribution in [1.29, 1.82) is 0 Å². The average molecular weight is 248 g/mol. The van der Waals surface area contributed by atoms with Crippen LogP contribution in [0, 0.1) is 0 Å². The smallest absolute Gasteiger partial charge is 0.158 e. The zero-order valence-electron chi connectivity index (χ0n) is 10.4. The van der Waals surface area contributed by atoms with Crippen molar-refractivity contribution < 1.29 is 4.74 Å². The Morgan fingerprint density at radius 3 is 2.94 bits per heavy atom. The molecule has 0 fully saturated rings. The molecule has 3 N–H and O–H groups in total. The van der Waals surface area contributed by atoms with E-state index in [0.29, 0.717) is 30.6 Å². The van der Waals surface area contributed by atoms with Crippen LogP contribution in [-0.2, 0) is 24.9 Å². The van der Waals surface area contributed by atoms with Crippen LogP contribution in [0.5, 0.6) is 0 Å². The normalized spacial score (nSPS) is 10.6. The van der Waals surface area contributed by atoms with E-state index in [1.807, 2.05) is 13.2 Å². The van der Waals surface area contributed by atoms with Crippen LogP contribution in [0.25, 0.3) is 0 Å². The Morgan fingerprint density at radius 2 is 2.28 bits per heavy atom.